The topological polar surface area (TPSA) is 17.8 Å². The van der Waals surface area contributed by atoms with Crippen LogP contribution in [0.3, 0.4) is 0 Å². The van der Waals surface area contributed by atoms with E-state index in [1.165, 1.54) is 26.7 Å². The minimum absolute atomic E-state index is 0.0459. The van der Waals surface area contributed by atoms with Crippen LogP contribution in [0.25, 0.3) is 11.5 Å². The van der Waals surface area contributed by atoms with E-state index in [1.807, 2.05) is 6.20 Å². The molecule has 0 unspecified atom stereocenters. The molecule has 6 rings (SSSR count). The van der Waals surface area contributed by atoms with Crippen molar-refractivity contribution >= 4 is 48.2 Å². The molecule has 0 spiro atoms. The van der Waals surface area contributed by atoms with Crippen molar-refractivity contribution in [1.82, 2.24) is 9.55 Å². The maximum Gasteiger partial charge on any atom is 0.241 e. The molecule has 1 heterocycles. The van der Waals surface area contributed by atoms with Crippen LogP contribution in [0, 0.1) is 0 Å². The van der Waals surface area contributed by atoms with Crippen LogP contribution in [0.2, 0.25) is 0 Å². The fourth-order valence-corrected chi connectivity index (χ4v) is 10.7. The number of benzene rings is 5. The largest absolute Gasteiger partial charge is 0.345 e. The number of nitrogens with zero attached hydrogens (tertiary/aromatic N) is 2. The SMILES string of the molecule is CC(C)(C)c1cccc([Si](Cn2ccnc2[B]C(=Cc2ccccc2)c2ccccc2)(c2ccccc2)c2ccccc2)c1. The number of hydrogen-bond acceptors (Lipinski definition) is 1. The van der Waals surface area contributed by atoms with Gasteiger partial charge in [-0.15, -0.1) is 0 Å². The van der Waals surface area contributed by atoms with Gasteiger partial charge in [-0.2, -0.15) is 0 Å². The van der Waals surface area contributed by atoms with Crippen LogP contribution in [0.5, 0.6) is 0 Å². The van der Waals surface area contributed by atoms with Gasteiger partial charge in [-0.05, 0) is 37.7 Å². The molecule has 0 saturated heterocycles. The third-order valence-electron chi connectivity index (χ3n) is 8.42. The Balaban J connectivity index is 1.51. The molecular weight excluding hydrogens is 547 g/mol. The highest BCUT2D eigenvalue weighted by Crippen LogP contribution is 2.23. The maximum atomic E-state index is 4.93. The summed E-state index contributed by atoms with van der Waals surface area (Å²) in [6, 6.07) is 52.8. The van der Waals surface area contributed by atoms with Crippen molar-refractivity contribution in [2.24, 2.45) is 0 Å². The summed E-state index contributed by atoms with van der Waals surface area (Å²) in [6.07, 6.45) is 7.17. The van der Waals surface area contributed by atoms with E-state index in [0.29, 0.717) is 0 Å². The second-order valence-electron chi connectivity index (χ2n) is 12.4. The fourth-order valence-electron chi connectivity index (χ4n) is 6.03. The molecule has 0 atom stereocenters. The molecule has 0 bridgehead atoms. The molecule has 4 heteroatoms. The molecule has 0 amide bonds. The number of imidazole rings is 1. The van der Waals surface area contributed by atoms with Gasteiger partial charge in [0, 0.05) is 18.6 Å². The molecule has 44 heavy (non-hydrogen) atoms. The Morgan fingerprint density at radius 1 is 0.682 bits per heavy atom. The molecule has 0 N–H and O–H groups in total. The lowest BCUT2D eigenvalue weighted by molar-refractivity contribution is 0.590. The van der Waals surface area contributed by atoms with Gasteiger partial charge in [-0.3, -0.25) is 4.98 Å². The van der Waals surface area contributed by atoms with Crippen molar-refractivity contribution in [1.29, 1.82) is 0 Å². The lowest BCUT2D eigenvalue weighted by atomic mass is 9.65. The second-order valence-corrected chi connectivity index (χ2v) is 16.3. The third kappa shape index (κ3) is 6.32. The van der Waals surface area contributed by atoms with E-state index in [4.69, 9.17) is 4.98 Å². The van der Waals surface area contributed by atoms with Crippen LogP contribution in [0.15, 0.2) is 158 Å². The lowest BCUT2D eigenvalue weighted by Gasteiger charge is -2.35. The van der Waals surface area contributed by atoms with Gasteiger partial charge in [-0.1, -0.05) is 178 Å². The Bertz CT molecular complexity index is 1780. The summed E-state index contributed by atoms with van der Waals surface area (Å²) in [5.41, 5.74) is 5.81. The quantitative estimate of drug-likeness (QED) is 0.109. The monoisotopic (exact) mass is 585 g/mol. The average molecular weight is 586 g/mol. The van der Waals surface area contributed by atoms with Crippen LogP contribution in [-0.2, 0) is 11.6 Å². The summed E-state index contributed by atoms with van der Waals surface area (Å²) in [7, 11) is -0.352. The highest BCUT2D eigenvalue weighted by molar-refractivity contribution is 7.10. The summed E-state index contributed by atoms with van der Waals surface area (Å²) in [6.45, 7) is 6.90. The van der Waals surface area contributed by atoms with E-state index in [2.05, 4.69) is 190 Å². The van der Waals surface area contributed by atoms with Crippen LogP contribution in [0.1, 0.15) is 37.5 Å². The van der Waals surface area contributed by atoms with Crippen molar-refractivity contribution in [2.45, 2.75) is 32.4 Å². The van der Waals surface area contributed by atoms with Crippen molar-refractivity contribution in [3.05, 3.63) is 175 Å². The van der Waals surface area contributed by atoms with Gasteiger partial charge in [0.25, 0.3) is 0 Å². The Hall–Kier alpha value is -4.67. The molecule has 1 aromatic heterocycles. The molecule has 0 aliphatic heterocycles. The number of aromatic nitrogens is 2. The molecule has 0 aliphatic rings. The zero-order chi connectivity index (χ0) is 30.4. The highest BCUT2D eigenvalue weighted by atomic mass is 28.3. The van der Waals surface area contributed by atoms with Gasteiger partial charge in [0.15, 0.2) is 8.07 Å². The molecule has 0 aliphatic carbocycles. The standard InChI is InChI=1S/C40H38BN2Si/c1-40(2,3)34-21-16-26-37(30-34)44(35-22-12-6-13-23-35,36-24-14-7-15-25-36)31-43-28-27-42-39(43)41-38(33-19-10-5-11-20-33)29-32-17-8-4-9-18-32/h4-30H,31H2,1-3H3. The lowest BCUT2D eigenvalue weighted by Crippen LogP contribution is -2.70. The van der Waals surface area contributed by atoms with Crippen LogP contribution < -0.4 is 21.3 Å². The van der Waals surface area contributed by atoms with Crippen molar-refractivity contribution < 1.29 is 0 Å². The zero-order valence-electron chi connectivity index (χ0n) is 25.8. The highest BCUT2D eigenvalue weighted by Gasteiger charge is 2.40. The van der Waals surface area contributed by atoms with Gasteiger partial charge in [0.1, 0.15) is 0 Å². The predicted octanol–water partition coefficient (Wildman–Crippen LogP) is 6.42. The Morgan fingerprint density at radius 2 is 1.23 bits per heavy atom. The minimum atomic E-state index is -2.59. The molecule has 5 aromatic carbocycles. The molecule has 1 radical (unpaired) electrons. The van der Waals surface area contributed by atoms with Gasteiger partial charge in [0.2, 0.25) is 7.28 Å². The normalized spacial score (nSPS) is 12.2. The Morgan fingerprint density at radius 3 is 1.82 bits per heavy atom. The van der Waals surface area contributed by atoms with E-state index in [1.54, 1.807) is 0 Å². The average Bonchev–Trinajstić information content (AvgIpc) is 3.51. The summed E-state index contributed by atoms with van der Waals surface area (Å²) in [5.74, 6) is 0. The summed E-state index contributed by atoms with van der Waals surface area (Å²) in [4.78, 5) is 4.93. The molecule has 0 fully saturated rings. The first-order valence-electron chi connectivity index (χ1n) is 15.3. The predicted molar refractivity (Wildman–Crippen MR) is 191 cm³/mol. The maximum absolute atomic E-state index is 4.93. The fraction of sp³-hybridized carbons (Fsp3) is 0.125. The number of hydrogen-bond donors (Lipinski definition) is 0. The molecule has 0 saturated carbocycles. The van der Waals surface area contributed by atoms with E-state index in [9.17, 15) is 0 Å². The van der Waals surface area contributed by atoms with E-state index < -0.39 is 8.07 Å². The minimum Gasteiger partial charge on any atom is -0.345 e. The van der Waals surface area contributed by atoms with Gasteiger partial charge < -0.3 is 4.57 Å². The Labute approximate surface area is 264 Å². The summed E-state index contributed by atoms with van der Waals surface area (Å²) in [5, 5.41) is 4.19. The van der Waals surface area contributed by atoms with E-state index in [-0.39, 0.29) is 5.41 Å². The summed E-state index contributed by atoms with van der Waals surface area (Å²) >= 11 is 0. The van der Waals surface area contributed by atoms with Crippen molar-refractivity contribution in [2.75, 3.05) is 0 Å². The molecule has 215 valence electrons. The van der Waals surface area contributed by atoms with Gasteiger partial charge in [0.05, 0.1) is 5.72 Å². The molecule has 6 aromatic rings. The number of rotatable bonds is 9. The third-order valence-corrected chi connectivity index (χ3v) is 13.2. The van der Waals surface area contributed by atoms with E-state index >= 15 is 0 Å². The van der Waals surface area contributed by atoms with Crippen LogP contribution >= 0.6 is 0 Å². The first kappa shape index (κ1) is 29.4. The van der Waals surface area contributed by atoms with Gasteiger partial charge >= 0.3 is 0 Å². The van der Waals surface area contributed by atoms with Gasteiger partial charge in [-0.25, -0.2) is 0 Å². The van der Waals surface area contributed by atoms with Crippen LogP contribution in [-0.4, -0.2) is 24.9 Å². The molecule has 2 nitrogen and oxygen atoms in total. The Kier molecular flexibility index (Phi) is 8.63. The van der Waals surface area contributed by atoms with Crippen molar-refractivity contribution in [3.8, 4) is 0 Å². The zero-order valence-corrected chi connectivity index (χ0v) is 26.8. The first-order chi connectivity index (χ1) is 21.4. The second kappa shape index (κ2) is 12.9. The smallest absolute Gasteiger partial charge is 0.241 e. The first-order valence-corrected chi connectivity index (χ1v) is 17.5. The van der Waals surface area contributed by atoms with E-state index in [0.717, 1.165) is 22.9 Å². The summed E-state index contributed by atoms with van der Waals surface area (Å²) < 4.78 is 2.37. The van der Waals surface area contributed by atoms with Crippen molar-refractivity contribution in [3.63, 3.8) is 0 Å². The van der Waals surface area contributed by atoms with Crippen LogP contribution in [0.4, 0.5) is 0 Å². The molecular formula is C40H38BN2Si.